The molecule has 162 valence electrons. The Morgan fingerprint density at radius 3 is 2.39 bits per heavy atom. The van der Waals surface area contributed by atoms with Crippen molar-refractivity contribution in [3.05, 3.63) is 73.0 Å². The van der Waals surface area contributed by atoms with Crippen LogP contribution >= 0.6 is 31.9 Å². The second-order valence-corrected chi connectivity index (χ2v) is 8.85. The molecule has 0 radical (unpaired) electrons. The maximum Gasteiger partial charge on any atom is 0.416 e. The van der Waals surface area contributed by atoms with Gasteiger partial charge in [0.15, 0.2) is 5.58 Å². The fourth-order valence-corrected chi connectivity index (χ4v) is 4.86. The molecule has 1 aliphatic heterocycles. The maximum atomic E-state index is 13.0. The van der Waals surface area contributed by atoms with Gasteiger partial charge in [0.1, 0.15) is 5.56 Å². The molecule has 5 nitrogen and oxygen atoms in total. The highest BCUT2D eigenvalue weighted by atomic mass is 79.9. The van der Waals surface area contributed by atoms with Crippen LogP contribution < -0.4 is 10.5 Å². The minimum atomic E-state index is -4.41. The number of rotatable bonds is 2. The van der Waals surface area contributed by atoms with Crippen LogP contribution in [-0.2, 0) is 6.18 Å². The van der Waals surface area contributed by atoms with Crippen LogP contribution in [0.25, 0.3) is 11.0 Å². The molecule has 31 heavy (non-hydrogen) atoms. The lowest BCUT2D eigenvalue weighted by Crippen LogP contribution is -2.49. The molecule has 0 unspecified atom stereocenters. The fourth-order valence-electron chi connectivity index (χ4n) is 3.52. The number of alkyl halides is 3. The summed E-state index contributed by atoms with van der Waals surface area (Å²) in [6.07, 6.45) is -4.41. The Bertz CT molecular complexity index is 1220. The molecule has 4 rings (SSSR count). The number of anilines is 1. The van der Waals surface area contributed by atoms with Crippen molar-refractivity contribution in [3.63, 3.8) is 0 Å². The van der Waals surface area contributed by atoms with Gasteiger partial charge in [0, 0.05) is 41.7 Å². The van der Waals surface area contributed by atoms with Crippen molar-refractivity contribution in [2.24, 2.45) is 0 Å². The SMILES string of the molecule is O=C(c1cc2cc(Br)cc(Br)c2oc1=O)N1CCN(c2cccc(C(F)(F)F)c2)CC1. The predicted octanol–water partition coefficient (Wildman–Crippen LogP) is 5.30. The standard InChI is InChI=1S/C21H15Br2F3N2O3/c22-14-8-12-9-16(20(30)31-18(12)17(23)11-14)19(29)28-6-4-27(5-7-28)15-3-1-2-13(10-15)21(24,25)26/h1-3,8-11H,4-7H2. The summed E-state index contributed by atoms with van der Waals surface area (Å²) in [6.45, 7) is 1.25. The summed E-state index contributed by atoms with van der Waals surface area (Å²) in [6, 6.07) is 10.1. The summed E-state index contributed by atoms with van der Waals surface area (Å²) in [7, 11) is 0. The molecule has 2 aromatic carbocycles. The Morgan fingerprint density at radius 2 is 1.71 bits per heavy atom. The van der Waals surface area contributed by atoms with Gasteiger partial charge in [0.05, 0.1) is 10.0 Å². The largest absolute Gasteiger partial charge is 0.421 e. The number of piperazine rings is 1. The van der Waals surface area contributed by atoms with Crippen molar-refractivity contribution < 1.29 is 22.4 Å². The summed E-state index contributed by atoms with van der Waals surface area (Å²) in [5.74, 6) is -0.463. The van der Waals surface area contributed by atoms with E-state index < -0.39 is 23.3 Å². The van der Waals surface area contributed by atoms with E-state index in [4.69, 9.17) is 4.42 Å². The molecule has 0 saturated carbocycles. The van der Waals surface area contributed by atoms with Crippen LogP contribution in [0.15, 0.2) is 60.6 Å². The highest BCUT2D eigenvalue weighted by Crippen LogP contribution is 2.32. The number of hydrogen-bond donors (Lipinski definition) is 0. The van der Waals surface area contributed by atoms with Gasteiger partial charge in [-0.1, -0.05) is 22.0 Å². The highest BCUT2D eigenvalue weighted by molar-refractivity contribution is 9.11. The third kappa shape index (κ3) is 4.50. The van der Waals surface area contributed by atoms with E-state index in [1.165, 1.54) is 17.0 Å². The Labute approximate surface area is 191 Å². The van der Waals surface area contributed by atoms with Gasteiger partial charge in [0.25, 0.3) is 5.91 Å². The number of fused-ring (bicyclic) bond motifs is 1. The number of benzene rings is 2. The van der Waals surface area contributed by atoms with Gasteiger partial charge in [-0.3, -0.25) is 4.79 Å². The fraction of sp³-hybridized carbons (Fsp3) is 0.238. The second-order valence-electron chi connectivity index (χ2n) is 7.08. The Balaban J connectivity index is 1.53. The predicted molar refractivity (Wildman–Crippen MR) is 117 cm³/mol. The molecule has 0 bridgehead atoms. The first-order valence-corrected chi connectivity index (χ1v) is 10.9. The van der Waals surface area contributed by atoms with E-state index in [1.54, 1.807) is 23.1 Å². The van der Waals surface area contributed by atoms with Gasteiger partial charge in [-0.05, 0) is 52.3 Å². The van der Waals surface area contributed by atoms with Crippen LogP contribution in [0.2, 0.25) is 0 Å². The molecule has 1 amide bonds. The first kappa shape index (κ1) is 21.9. The van der Waals surface area contributed by atoms with Crippen LogP contribution in [0.5, 0.6) is 0 Å². The summed E-state index contributed by atoms with van der Waals surface area (Å²) >= 11 is 6.70. The minimum absolute atomic E-state index is 0.0787. The van der Waals surface area contributed by atoms with Crippen molar-refractivity contribution in [2.45, 2.75) is 6.18 Å². The van der Waals surface area contributed by atoms with Gasteiger partial charge in [-0.15, -0.1) is 0 Å². The number of hydrogen-bond acceptors (Lipinski definition) is 4. The van der Waals surface area contributed by atoms with E-state index in [0.717, 1.165) is 16.6 Å². The number of nitrogens with zero attached hydrogens (tertiary/aromatic N) is 2. The van der Waals surface area contributed by atoms with E-state index in [-0.39, 0.29) is 18.7 Å². The highest BCUT2D eigenvalue weighted by Gasteiger charge is 2.31. The Hall–Kier alpha value is -2.33. The lowest BCUT2D eigenvalue weighted by Gasteiger charge is -2.36. The van der Waals surface area contributed by atoms with Crippen LogP contribution in [0.1, 0.15) is 15.9 Å². The van der Waals surface area contributed by atoms with Crippen molar-refractivity contribution in [3.8, 4) is 0 Å². The first-order valence-electron chi connectivity index (χ1n) is 9.28. The summed E-state index contributed by atoms with van der Waals surface area (Å²) in [5.41, 5.74) is -0.735. The number of carbonyl (C=O) groups is 1. The van der Waals surface area contributed by atoms with E-state index >= 15 is 0 Å². The normalized spacial score (nSPS) is 14.9. The average molecular weight is 560 g/mol. The van der Waals surface area contributed by atoms with E-state index in [1.807, 2.05) is 0 Å². The average Bonchev–Trinajstić information content (AvgIpc) is 2.73. The summed E-state index contributed by atoms with van der Waals surface area (Å²) in [4.78, 5) is 28.6. The van der Waals surface area contributed by atoms with Crippen LogP contribution in [0.3, 0.4) is 0 Å². The Morgan fingerprint density at radius 1 is 1.00 bits per heavy atom. The molecule has 10 heteroatoms. The quantitative estimate of drug-likeness (QED) is 0.400. The monoisotopic (exact) mass is 558 g/mol. The molecular formula is C21H15Br2F3N2O3. The number of amides is 1. The summed E-state index contributed by atoms with van der Waals surface area (Å²) in [5, 5.41) is 0.590. The number of halogens is 5. The molecule has 1 fully saturated rings. The van der Waals surface area contributed by atoms with E-state index in [9.17, 15) is 22.8 Å². The zero-order chi connectivity index (χ0) is 22.3. The van der Waals surface area contributed by atoms with E-state index in [0.29, 0.717) is 34.2 Å². The van der Waals surface area contributed by atoms with Crippen molar-refractivity contribution >= 4 is 54.4 Å². The maximum absolute atomic E-state index is 13.0. The first-order chi connectivity index (χ1) is 14.6. The van der Waals surface area contributed by atoms with Gasteiger partial charge in [-0.2, -0.15) is 13.2 Å². The van der Waals surface area contributed by atoms with Crippen molar-refractivity contribution in [2.75, 3.05) is 31.1 Å². The molecule has 1 saturated heterocycles. The van der Waals surface area contributed by atoms with Gasteiger partial charge in [-0.25, -0.2) is 4.79 Å². The molecule has 2 heterocycles. The van der Waals surface area contributed by atoms with Crippen molar-refractivity contribution in [1.29, 1.82) is 0 Å². The van der Waals surface area contributed by atoms with Gasteiger partial charge >= 0.3 is 11.8 Å². The summed E-state index contributed by atoms with van der Waals surface area (Å²) < 4.78 is 45.6. The molecule has 1 aliphatic rings. The molecule has 3 aromatic rings. The second kappa shape index (κ2) is 8.31. The third-order valence-electron chi connectivity index (χ3n) is 5.09. The Kier molecular flexibility index (Phi) is 5.87. The molecular weight excluding hydrogens is 545 g/mol. The molecule has 0 aliphatic carbocycles. The zero-order valence-electron chi connectivity index (χ0n) is 15.9. The lowest BCUT2D eigenvalue weighted by molar-refractivity contribution is -0.137. The van der Waals surface area contributed by atoms with Gasteiger partial charge < -0.3 is 14.2 Å². The molecule has 0 spiro atoms. The number of carbonyl (C=O) groups excluding carboxylic acids is 1. The minimum Gasteiger partial charge on any atom is -0.421 e. The molecule has 1 aromatic heterocycles. The van der Waals surface area contributed by atoms with Crippen LogP contribution in [-0.4, -0.2) is 37.0 Å². The molecule has 0 N–H and O–H groups in total. The topological polar surface area (TPSA) is 53.8 Å². The zero-order valence-corrected chi connectivity index (χ0v) is 19.1. The van der Waals surface area contributed by atoms with Crippen LogP contribution in [0, 0.1) is 0 Å². The lowest BCUT2D eigenvalue weighted by atomic mass is 10.1. The third-order valence-corrected chi connectivity index (χ3v) is 6.13. The van der Waals surface area contributed by atoms with Crippen LogP contribution in [0.4, 0.5) is 18.9 Å². The van der Waals surface area contributed by atoms with Gasteiger partial charge in [0.2, 0.25) is 0 Å². The smallest absolute Gasteiger partial charge is 0.416 e. The van der Waals surface area contributed by atoms with E-state index in [2.05, 4.69) is 31.9 Å². The van der Waals surface area contributed by atoms with Crippen molar-refractivity contribution in [1.82, 2.24) is 4.90 Å². The molecule has 0 atom stereocenters.